The zero-order valence-electron chi connectivity index (χ0n) is 15.6. The molecule has 1 amide bonds. The Labute approximate surface area is 168 Å². The molecule has 0 aliphatic heterocycles. The van der Waals surface area contributed by atoms with E-state index in [0.717, 1.165) is 6.42 Å². The van der Waals surface area contributed by atoms with E-state index in [0.29, 0.717) is 18.7 Å². The maximum absolute atomic E-state index is 12.3. The summed E-state index contributed by atoms with van der Waals surface area (Å²) in [6.07, 6.45) is 1.67. The second-order valence-electron chi connectivity index (χ2n) is 7.33. The molecule has 2 atom stereocenters. The summed E-state index contributed by atoms with van der Waals surface area (Å²) in [6.45, 7) is 5.12. The van der Waals surface area contributed by atoms with Gasteiger partial charge in [-0.3, -0.25) is 4.79 Å². The minimum atomic E-state index is -0.327. The third kappa shape index (κ3) is 6.10. The van der Waals surface area contributed by atoms with Gasteiger partial charge < -0.3 is 5.32 Å². The first-order valence-electron chi connectivity index (χ1n) is 9.11. The second-order valence-corrected chi connectivity index (χ2v) is 8.40. The Morgan fingerprint density at radius 3 is 2.19 bits per heavy atom. The Hall–Kier alpha value is -1.39. The summed E-state index contributed by atoms with van der Waals surface area (Å²) in [7, 11) is 0. The van der Waals surface area contributed by atoms with Crippen LogP contribution in [0.5, 0.6) is 0 Å². The molecule has 26 heavy (non-hydrogen) atoms. The SMILES string of the molecule is CC(C)(CC(CC(S)C(=O)NCCS)c1ccccc1)c1ccccc1. The standard InChI is InChI=1S/C22H29NOS2/c1-22(2,19-11-7-4-8-12-19)16-18(17-9-5-3-6-10-17)15-20(26)21(24)23-13-14-25/h3-12,18,20,25-26H,13-16H2,1-2H3,(H,23,24). The lowest BCUT2D eigenvalue weighted by atomic mass is 9.74. The normalized spacial score (nSPS) is 13.8. The number of hydrogen-bond donors (Lipinski definition) is 3. The van der Waals surface area contributed by atoms with Gasteiger partial charge in [-0.05, 0) is 35.3 Å². The van der Waals surface area contributed by atoms with Gasteiger partial charge in [0.15, 0.2) is 0 Å². The van der Waals surface area contributed by atoms with Gasteiger partial charge in [0.25, 0.3) is 0 Å². The highest BCUT2D eigenvalue weighted by atomic mass is 32.1. The van der Waals surface area contributed by atoms with Crippen LogP contribution < -0.4 is 5.32 Å². The number of benzene rings is 2. The van der Waals surface area contributed by atoms with Crippen LogP contribution in [0.4, 0.5) is 0 Å². The molecule has 0 bridgehead atoms. The number of nitrogens with one attached hydrogen (secondary N) is 1. The van der Waals surface area contributed by atoms with E-state index >= 15 is 0 Å². The van der Waals surface area contributed by atoms with Gasteiger partial charge in [-0.1, -0.05) is 74.5 Å². The molecule has 0 aliphatic rings. The van der Waals surface area contributed by atoms with Crippen LogP contribution in [0.2, 0.25) is 0 Å². The average Bonchev–Trinajstić information content (AvgIpc) is 2.66. The maximum atomic E-state index is 12.3. The summed E-state index contributed by atoms with van der Waals surface area (Å²) in [6, 6.07) is 21.0. The Bertz CT molecular complexity index is 673. The summed E-state index contributed by atoms with van der Waals surface area (Å²) in [5.41, 5.74) is 2.59. The molecular formula is C22H29NOS2. The van der Waals surface area contributed by atoms with E-state index in [4.69, 9.17) is 0 Å². The lowest BCUT2D eigenvalue weighted by Crippen LogP contribution is -2.34. The quantitative estimate of drug-likeness (QED) is 0.526. The van der Waals surface area contributed by atoms with Crippen LogP contribution in [0.15, 0.2) is 60.7 Å². The van der Waals surface area contributed by atoms with E-state index in [1.165, 1.54) is 11.1 Å². The fourth-order valence-corrected chi connectivity index (χ4v) is 3.82. The monoisotopic (exact) mass is 387 g/mol. The molecule has 2 aromatic carbocycles. The summed E-state index contributed by atoms with van der Waals surface area (Å²) >= 11 is 8.74. The molecule has 1 N–H and O–H groups in total. The Balaban J connectivity index is 2.18. The van der Waals surface area contributed by atoms with Crippen LogP contribution in [-0.2, 0) is 10.2 Å². The molecular weight excluding hydrogens is 358 g/mol. The number of amides is 1. The van der Waals surface area contributed by atoms with Gasteiger partial charge in [-0.2, -0.15) is 25.3 Å². The Morgan fingerprint density at radius 2 is 1.62 bits per heavy atom. The molecule has 0 saturated heterocycles. The molecule has 0 radical (unpaired) electrons. The van der Waals surface area contributed by atoms with Crippen molar-refractivity contribution in [2.75, 3.05) is 12.3 Å². The molecule has 4 heteroatoms. The number of thiol groups is 2. The second kappa shape index (κ2) is 10.1. The lowest BCUT2D eigenvalue weighted by molar-refractivity contribution is -0.120. The zero-order chi connectivity index (χ0) is 19.0. The van der Waals surface area contributed by atoms with Crippen LogP contribution in [0, 0.1) is 0 Å². The smallest absolute Gasteiger partial charge is 0.232 e. The fourth-order valence-electron chi connectivity index (χ4n) is 3.36. The molecule has 0 heterocycles. The topological polar surface area (TPSA) is 29.1 Å². The van der Waals surface area contributed by atoms with Crippen molar-refractivity contribution in [3.63, 3.8) is 0 Å². The third-order valence-corrected chi connectivity index (χ3v) is 5.47. The Kier molecular flexibility index (Phi) is 8.11. The number of hydrogen-bond acceptors (Lipinski definition) is 3. The van der Waals surface area contributed by atoms with Crippen molar-refractivity contribution in [2.45, 2.75) is 43.3 Å². The summed E-state index contributed by atoms with van der Waals surface area (Å²) in [5.74, 6) is 0.881. The van der Waals surface area contributed by atoms with Crippen molar-refractivity contribution in [3.05, 3.63) is 71.8 Å². The van der Waals surface area contributed by atoms with Crippen LogP contribution >= 0.6 is 25.3 Å². The van der Waals surface area contributed by atoms with E-state index in [2.05, 4.69) is 93.0 Å². The first-order valence-corrected chi connectivity index (χ1v) is 10.3. The highest BCUT2D eigenvalue weighted by Crippen LogP contribution is 2.37. The predicted molar refractivity (Wildman–Crippen MR) is 118 cm³/mol. The highest BCUT2D eigenvalue weighted by Gasteiger charge is 2.29. The number of carbonyl (C=O) groups excluding carboxylic acids is 1. The van der Waals surface area contributed by atoms with E-state index in [1.807, 2.05) is 12.1 Å². The molecule has 2 nitrogen and oxygen atoms in total. The van der Waals surface area contributed by atoms with Gasteiger partial charge in [-0.15, -0.1) is 0 Å². The van der Waals surface area contributed by atoms with Crippen LogP contribution in [0.3, 0.4) is 0 Å². The maximum Gasteiger partial charge on any atom is 0.232 e. The van der Waals surface area contributed by atoms with E-state index in [1.54, 1.807) is 0 Å². The van der Waals surface area contributed by atoms with E-state index in [-0.39, 0.29) is 22.5 Å². The lowest BCUT2D eigenvalue weighted by Gasteiger charge is -2.32. The first-order chi connectivity index (χ1) is 12.4. The van der Waals surface area contributed by atoms with E-state index in [9.17, 15) is 4.79 Å². The minimum absolute atomic E-state index is 0.0108. The zero-order valence-corrected chi connectivity index (χ0v) is 17.3. The molecule has 2 rings (SSSR count). The predicted octanol–water partition coefficient (Wildman–Crippen LogP) is 4.87. The van der Waals surface area contributed by atoms with Crippen molar-refractivity contribution in [2.24, 2.45) is 0 Å². The van der Waals surface area contributed by atoms with Gasteiger partial charge >= 0.3 is 0 Å². The van der Waals surface area contributed by atoms with Gasteiger partial charge in [0.05, 0.1) is 5.25 Å². The molecule has 2 aromatic rings. The minimum Gasteiger partial charge on any atom is -0.354 e. The average molecular weight is 388 g/mol. The highest BCUT2D eigenvalue weighted by molar-refractivity contribution is 7.81. The largest absolute Gasteiger partial charge is 0.354 e. The number of rotatable bonds is 9. The van der Waals surface area contributed by atoms with Gasteiger partial charge in [0.1, 0.15) is 0 Å². The summed E-state index contributed by atoms with van der Waals surface area (Å²) in [4.78, 5) is 12.3. The number of carbonyl (C=O) groups is 1. The third-order valence-electron chi connectivity index (χ3n) is 4.80. The first kappa shape index (κ1) is 20.9. The molecule has 140 valence electrons. The molecule has 0 aromatic heterocycles. The van der Waals surface area contributed by atoms with Crippen molar-refractivity contribution in [1.29, 1.82) is 0 Å². The summed E-state index contributed by atoms with van der Waals surface area (Å²) < 4.78 is 0. The van der Waals surface area contributed by atoms with Crippen molar-refractivity contribution in [3.8, 4) is 0 Å². The van der Waals surface area contributed by atoms with Crippen LogP contribution in [0.1, 0.15) is 43.7 Å². The van der Waals surface area contributed by atoms with E-state index < -0.39 is 0 Å². The molecule has 0 saturated carbocycles. The fraction of sp³-hybridized carbons (Fsp3) is 0.409. The van der Waals surface area contributed by atoms with Crippen LogP contribution in [0.25, 0.3) is 0 Å². The van der Waals surface area contributed by atoms with Gasteiger partial charge in [0.2, 0.25) is 5.91 Å². The van der Waals surface area contributed by atoms with Crippen molar-refractivity contribution < 1.29 is 4.79 Å². The van der Waals surface area contributed by atoms with Crippen molar-refractivity contribution >= 4 is 31.2 Å². The molecule has 0 fully saturated rings. The molecule has 0 spiro atoms. The summed E-state index contributed by atoms with van der Waals surface area (Å²) in [5, 5.41) is 2.56. The van der Waals surface area contributed by atoms with Crippen LogP contribution in [-0.4, -0.2) is 23.5 Å². The van der Waals surface area contributed by atoms with Crippen molar-refractivity contribution in [1.82, 2.24) is 5.32 Å². The Morgan fingerprint density at radius 1 is 1.04 bits per heavy atom. The molecule has 0 aliphatic carbocycles. The van der Waals surface area contributed by atoms with Gasteiger partial charge in [-0.25, -0.2) is 0 Å². The molecule has 2 unspecified atom stereocenters. The van der Waals surface area contributed by atoms with Gasteiger partial charge in [0, 0.05) is 12.3 Å².